The predicted molar refractivity (Wildman–Crippen MR) is 75.1 cm³/mol. The molecule has 0 bridgehead atoms. The summed E-state index contributed by atoms with van der Waals surface area (Å²) in [7, 11) is -1.84. The molecule has 0 fully saturated rings. The van der Waals surface area contributed by atoms with Crippen molar-refractivity contribution in [1.29, 1.82) is 0 Å². The number of nitrogen functional groups attached to an aromatic ring is 1. The molecule has 18 heavy (non-hydrogen) atoms. The van der Waals surface area contributed by atoms with Gasteiger partial charge in [0.2, 0.25) is 10.0 Å². The van der Waals surface area contributed by atoms with Crippen molar-refractivity contribution in [2.45, 2.75) is 25.7 Å². The van der Waals surface area contributed by atoms with Gasteiger partial charge in [-0.25, -0.2) is 13.6 Å². The van der Waals surface area contributed by atoms with Gasteiger partial charge in [0.1, 0.15) is 0 Å². The van der Waals surface area contributed by atoms with Crippen molar-refractivity contribution in [2.75, 3.05) is 24.2 Å². The van der Waals surface area contributed by atoms with E-state index in [1.54, 1.807) is 13.0 Å². The van der Waals surface area contributed by atoms with Crippen LogP contribution in [-0.2, 0) is 10.0 Å². The molecule has 5 nitrogen and oxygen atoms in total. The predicted octanol–water partition coefficient (Wildman–Crippen LogP) is 1.32. The number of hydrogen-bond acceptors (Lipinski definition) is 4. The second-order valence-electron chi connectivity index (χ2n) is 4.98. The molecule has 102 valence electrons. The molecule has 0 aromatic heterocycles. The van der Waals surface area contributed by atoms with Crippen LogP contribution in [0.1, 0.15) is 19.4 Å². The Hall–Kier alpha value is -1.27. The molecular formula is C12H21N3O2S. The van der Waals surface area contributed by atoms with E-state index in [-0.39, 0.29) is 4.90 Å². The molecule has 1 aromatic carbocycles. The summed E-state index contributed by atoms with van der Waals surface area (Å²) in [6, 6.07) is 3.17. The van der Waals surface area contributed by atoms with E-state index < -0.39 is 10.0 Å². The van der Waals surface area contributed by atoms with Crippen molar-refractivity contribution in [1.82, 2.24) is 0 Å². The van der Waals surface area contributed by atoms with Crippen LogP contribution in [-0.4, -0.2) is 22.0 Å². The third-order valence-electron chi connectivity index (χ3n) is 2.71. The number of sulfonamides is 1. The Morgan fingerprint density at radius 3 is 2.33 bits per heavy atom. The van der Waals surface area contributed by atoms with Crippen molar-refractivity contribution in [3.05, 3.63) is 17.7 Å². The van der Waals surface area contributed by atoms with Gasteiger partial charge in [0, 0.05) is 25.0 Å². The lowest BCUT2D eigenvalue weighted by Gasteiger charge is -2.24. The largest absolute Gasteiger partial charge is 0.399 e. The van der Waals surface area contributed by atoms with Crippen LogP contribution in [0.2, 0.25) is 0 Å². The van der Waals surface area contributed by atoms with E-state index >= 15 is 0 Å². The first-order valence-electron chi connectivity index (χ1n) is 5.77. The normalized spacial score (nSPS) is 11.9. The third-order valence-corrected chi connectivity index (χ3v) is 3.75. The minimum Gasteiger partial charge on any atom is -0.399 e. The van der Waals surface area contributed by atoms with Gasteiger partial charge in [0.25, 0.3) is 0 Å². The summed E-state index contributed by atoms with van der Waals surface area (Å²) in [5.41, 5.74) is 7.58. The summed E-state index contributed by atoms with van der Waals surface area (Å²) in [6.07, 6.45) is 0. The zero-order valence-corrected chi connectivity index (χ0v) is 12.1. The SMILES string of the molecule is Cc1c(N(C)CC(C)C)cc(N)cc1S(N)(=O)=O. The topological polar surface area (TPSA) is 89.4 Å². The van der Waals surface area contributed by atoms with Crippen molar-refractivity contribution in [2.24, 2.45) is 11.1 Å². The summed E-state index contributed by atoms with van der Waals surface area (Å²) in [4.78, 5) is 2.08. The second-order valence-corrected chi connectivity index (χ2v) is 6.51. The highest BCUT2D eigenvalue weighted by molar-refractivity contribution is 7.89. The fourth-order valence-corrected chi connectivity index (χ4v) is 2.86. The number of anilines is 2. The molecular weight excluding hydrogens is 250 g/mol. The van der Waals surface area contributed by atoms with Gasteiger partial charge in [0.05, 0.1) is 4.90 Å². The van der Waals surface area contributed by atoms with E-state index in [0.717, 1.165) is 12.2 Å². The average molecular weight is 271 g/mol. The van der Waals surface area contributed by atoms with E-state index in [9.17, 15) is 8.42 Å². The van der Waals surface area contributed by atoms with Crippen LogP contribution in [0, 0.1) is 12.8 Å². The third kappa shape index (κ3) is 3.36. The molecule has 1 rings (SSSR count). The highest BCUT2D eigenvalue weighted by Gasteiger charge is 2.17. The molecule has 6 heteroatoms. The maximum Gasteiger partial charge on any atom is 0.238 e. The van der Waals surface area contributed by atoms with Gasteiger partial charge < -0.3 is 10.6 Å². The van der Waals surface area contributed by atoms with Crippen molar-refractivity contribution in [3.8, 4) is 0 Å². The summed E-state index contributed by atoms with van der Waals surface area (Å²) in [6.45, 7) is 6.75. The minimum absolute atomic E-state index is 0.0908. The summed E-state index contributed by atoms with van der Waals surface area (Å²) < 4.78 is 23.0. The maximum atomic E-state index is 11.5. The molecule has 0 aliphatic heterocycles. The van der Waals surface area contributed by atoms with Gasteiger partial charge in [-0.3, -0.25) is 0 Å². The van der Waals surface area contributed by atoms with Crippen molar-refractivity contribution in [3.63, 3.8) is 0 Å². The van der Waals surface area contributed by atoms with Gasteiger partial charge in [-0.15, -0.1) is 0 Å². The first-order valence-corrected chi connectivity index (χ1v) is 7.31. The number of nitrogens with zero attached hydrogens (tertiary/aromatic N) is 1. The Bertz CT molecular complexity index is 538. The summed E-state index contributed by atoms with van der Waals surface area (Å²) >= 11 is 0. The Labute approximate surface area is 109 Å². The number of benzene rings is 1. The highest BCUT2D eigenvalue weighted by Crippen LogP contribution is 2.28. The van der Waals surface area contributed by atoms with E-state index in [2.05, 4.69) is 13.8 Å². The Kier molecular flexibility index (Phi) is 4.24. The Morgan fingerprint density at radius 2 is 1.89 bits per heavy atom. The van der Waals surface area contributed by atoms with E-state index in [0.29, 0.717) is 17.2 Å². The first kappa shape index (κ1) is 14.8. The fourth-order valence-electron chi connectivity index (χ4n) is 2.03. The van der Waals surface area contributed by atoms with Crippen LogP contribution < -0.4 is 15.8 Å². The monoisotopic (exact) mass is 271 g/mol. The summed E-state index contributed by atoms with van der Waals surface area (Å²) in [5, 5.41) is 5.19. The molecule has 0 spiro atoms. The molecule has 0 saturated carbocycles. The molecule has 0 amide bonds. The smallest absolute Gasteiger partial charge is 0.238 e. The minimum atomic E-state index is -3.75. The quantitative estimate of drug-likeness (QED) is 0.808. The van der Waals surface area contributed by atoms with Crippen LogP contribution in [0.3, 0.4) is 0 Å². The van der Waals surface area contributed by atoms with E-state index in [1.807, 2.05) is 11.9 Å². The fraction of sp³-hybridized carbons (Fsp3) is 0.500. The van der Waals surface area contributed by atoms with Crippen LogP contribution >= 0.6 is 0 Å². The first-order chi connectivity index (χ1) is 8.12. The lowest BCUT2D eigenvalue weighted by atomic mass is 10.1. The molecule has 0 unspecified atom stereocenters. The van der Waals surface area contributed by atoms with Gasteiger partial charge in [0.15, 0.2) is 0 Å². The van der Waals surface area contributed by atoms with Gasteiger partial charge >= 0.3 is 0 Å². The molecule has 0 radical (unpaired) electrons. The lowest BCUT2D eigenvalue weighted by molar-refractivity contribution is 0.597. The zero-order valence-electron chi connectivity index (χ0n) is 11.3. The molecule has 0 saturated heterocycles. The molecule has 4 N–H and O–H groups in total. The van der Waals surface area contributed by atoms with Crippen LogP contribution in [0.25, 0.3) is 0 Å². The number of nitrogens with two attached hydrogens (primary N) is 2. The molecule has 0 aliphatic carbocycles. The van der Waals surface area contributed by atoms with Gasteiger partial charge in [-0.2, -0.15) is 0 Å². The standard InChI is InChI=1S/C12H21N3O2S/c1-8(2)7-15(4)11-5-10(13)6-12(9(11)3)18(14,16)17/h5-6,8H,7,13H2,1-4H3,(H2,14,16,17). The lowest BCUT2D eigenvalue weighted by Crippen LogP contribution is -2.24. The molecule has 1 aromatic rings. The summed E-state index contributed by atoms with van der Waals surface area (Å²) in [5.74, 6) is 0.466. The Balaban J connectivity index is 3.34. The van der Waals surface area contributed by atoms with Gasteiger partial charge in [-0.05, 0) is 30.5 Å². The van der Waals surface area contributed by atoms with Crippen molar-refractivity contribution >= 4 is 21.4 Å². The molecule has 0 aliphatic rings. The number of rotatable bonds is 4. The maximum absolute atomic E-state index is 11.5. The van der Waals surface area contributed by atoms with Crippen LogP contribution in [0.15, 0.2) is 17.0 Å². The Morgan fingerprint density at radius 1 is 1.33 bits per heavy atom. The molecule has 0 heterocycles. The average Bonchev–Trinajstić information content (AvgIpc) is 2.18. The molecule has 0 atom stereocenters. The van der Waals surface area contributed by atoms with Crippen molar-refractivity contribution < 1.29 is 8.42 Å². The second kappa shape index (κ2) is 5.16. The van der Waals surface area contributed by atoms with E-state index in [1.165, 1.54) is 6.07 Å². The van der Waals surface area contributed by atoms with Gasteiger partial charge in [-0.1, -0.05) is 13.8 Å². The van der Waals surface area contributed by atoms with Crippen LogP contribution in [0.5, 0.6) is 0 Å². The van der Waals surface area contributed by atoms with E-state index in [4.69, 9.17) is 10.9 Å². The number of primary sulfonamides is 1. The zero-order chi connectivity index (χ0) is 14.1. The number of hydrogen-bond donors (Lipinski definition) is 2. The highest BCUT2D eigenvalue weighted by atomic mass is 32.2. The van der Waals surface area contributed by atoms with Crippen LogP contribution in [0.4, 0.5) is 11.4 Å².